The molecule has 0 spiro atoms. The Hall–Kier alpha value is -1.08. The summed E-state index contributed by atoms with van der Waals surface area (Å²) in [5.74, 6) is -0.431. The molecular formula is C18H35NO5Si. The molecule has 0 aliphatic carbocycles. The SMILES string of the molecule is COC(=O)[C@@H]1C[C@@H](O[Si](C)(C)C(C)(C)C)[C@@H](C)N1C(=O)OC(C)(C)C. The van der Waals surface area contributed by atoms with Gasteiger partial charge in [-0.1, -0.05) is 20.8 Å². The molecule has 3 atom stereocenters. The van der Waals surface area contributed by atoms with E-state index in [2.05, 4.69) is 33.9 Å². The summed E-state index contributed by atoms with van der Waals surface area (Å²) < 4.78 is 16.9. The normalized spacial score (nSPS) is 25.0. The summed E-state index contributed by atoms with van der Waals surface area (Å²) in [6.45, 7) is 18.2. The van der Waals surface area contributed by atoms with Gasteiger partial charge in [-0.15, -0.1) is 0 Å². The van der Waals surface area contributed by atoms with Gasteiger partial charge in [0.2, 0.25) is 0 Å². The largest absolute Gasteiger partial charge is 0.467 e. The summed E-state index contributed by atoms with van der Waals surface area (Å²) in [6.07, 6.45) is -0.284. The number of carbonyl (C=O) groups excluding carboxylic acids is 2. The molecule has 1 fully saturated rings. The van der Waals surface area contributed by atoms with Gasteiger partial charge >= 0.3 is 12.1 Å². The molecule has 146 valence electrons. The van der Waals surface area contributed by atoms with Crippen LogP contribution < -0.4 is 0 Å². The minimum absolute atomic E-state index is 0.0484. The first-order valence-corrected chi connectivity index (χ1v) is 11.8. The molecule has 0 unspecified atom stereocenters. The van der Waals surface area contributed by atoms with Crippen LogP contribution in [0.15, 0.2) is 0 Å². The summed E-state index contributed by atoms with van der Waals surface area (Å²) in [4.78, 5) is 26.4. The van der Waals surface area contributed by atoms with Crippen LogP contribution in [0.4, 0.5) is 4.79 Å². The molecule has 0 radical (unpaired) electrons. The number of nitrogens with zero attached hydrogens (tertiary/aromatic N) is 1. The average molecular weight is 374 g/mol. The fourth-order valence-corrected chi connectivity index (χ4v) is 4.05. The first kappa shape index (κ1) is 22.0. The van der Waals surface area contributed by atoms with Gasteiger partial charge in [-0.05, 0) is 45.8 Å². The molecule has 25 heavy (non-hydrogen) atoms. The minimum atomic E-state index is -2.03. The van der Waals surface area contributed by atoms with Crippen LogP contribution in [-0.2, 0) is 18.7 Å². The van der Waals surface area contributed by atoms with Crippen LogP contribution in [0.3, 0.4) is 0 Å². The van der Waals surface area contributed by atoms with E-state index >= 15 is 0 Å². The molecule has 1 aliphatic rings. The molecule has 0 aromatic heterocycles. The number of rotatable bonds is 3. The van der Waals surface area contributed by atoms with Crippen LogP contribution in [0.5, 0.6) is 0 Å². The van der Waals surface area contributed by atoms with Crippen molar-refractivity contribution in [1.29, 1.82) is 0 Å². The molecule has 0 aromatic carbocycles. The topological polar surface area (TPSA) is 65.1 Å². The molecule has 6 nitrogen and oxygen atoms in total. The van der Waals surface area contributed by atoms with E-state index in [0.29, 0.717) is 6.42 Å². The van der Waals surface area contributed by atoms with Gasteiger partial charge in [-0.3, -0.25) is 4.90 Å². The number of carbonyl (C=O) groups is 2. The number of likely N-dealkylation sites (tertiary alicyclic amines) is 1. The van der Waals surface area contributed by atoms with Crippen molar-refractivity contribution in [3.63, 3.8) is 0 Å². The van der Waals surface area contributed by atoms with E-state index in [4.69, 9.17) is 13.9 Å². The van der Waals surface area contributed by atoms with Crippen LogP contribution in [0.25, 0.3) is 0 Å². The molecule has 0 bridgehead atoms. The van der Waals surface area contributed by atoms with Crippen molar-refractivity contribution in [2.45, 2.75) is 96.8 Å². The number of ether oxygens (including phenoxy) is 2. The molecule has 1 heterocycles. The van der Waals surface area contributed by atoms with Crippen LogP contribution in [0, 0.1) is 0 Å². The second-order valence-electron chi connectivity index (χ2n) is 9.32. The smallest absolute Gasteiger partial charge is 0.411 e. The van der Waals surface area contributed by atoms with Gasteiger partial charge in [0.25, 0.3) is 0 Å². The van der Waals surface area contributed by atoms with E-state index in [1.165, 1.54) is 12.0 Å². The summed E-state index contributed by atoms with van der Waals surface area (Å²) in [5, 5.41) is 0.0484. The van der Waals surface area contributed by atoms with Crippen LogP contribution in [-0.4, -0.2) is 56.2 Å². The zero-order chi connectivity index (χ0) is 19.8. The third-order valence-corrected chi connectivity index (χ3v) is 9.60. The van der Waals surface area contributed by atoms with Crippen LogP contribution in [0.1, 0.15) is 54.9 Å². The Morgan fingerprint density at radius 2 is 1.60 bits per heavy atom. The van der Waals surface area contributed by atoms with Crippen molar-refractivity contribution in [1.82, 2.24) is 4.90 Å². The van der Waals surface area contributed by atoms with Crippen LogP contribution in [0.2, 0.25) is 18.1 Å². The highest BCUT2D eigenvalue weighted by atomic mass is 28.4. The lowest BCUT2D eigenvalue weighted by molar-refractivity contribution is -0.146. The van der Waals surface area contributed by atoms with Gasteiger partial charge in [-0.25, -0.2) is 9.59 Å². The minimum Gasteiger partial charge on any atom is -0.467 e. The number of methoxy groups -OCH3 is 1. The lowest BCUT2D eigenvalue weighted by Gasteiger charge is -2.39. The van der Waals surface area contributed by atoms with E-state index in [9.17, 15) is 9.59 Å². The summed E-state index contributed by atoms with van der Waals surface area (Å²) in [7, 11) is -0.693. The van der Waals surface area contributed by atoms with Crippen molar-refractivity contribution < 1.29 is 23.5 Å². The Morgan fingerprint density at radius 1 is 1.08 bits per heavy atom. The predicted octanol–water partition coefficient (Wildman–Crippen LogP) is 3.95. The van der Waals surface area contributed by atoms with Crippen molar-refractivity contribution in [2.24, 2.45) is 0 Å². The van der Waals surface area contributed by atoms with Gasteiger partial charge < -0.3 is 13.9 Å². The zero-order valence-corrected chi connectivity index (χ0v) is 18.4. The first-order chi connectivity index (χ1) is 11.1. The van der Waals surface area contributed by atoms with E-state index in [0.717, 1.165) is 0 Å². The van der Waals surface area contributed by atoms with Gasteiger partial charge in [-0.2, -0.15) is 0 Å². The fraction of sp³-hybridized carbons (Fsp3) is 0.889. The Bertz CT molecular complexity index is 507. The van der Waals surface area contributed by atoms with E-state index in [1.54, 1.807) is 0 Å². The molecule has 1 amide bonds. The van der Waals surface area contributed by atoms with Crippen LogP contribution >= 0.6 is 0 Å². The average Bonchev–Trinajstić information content (AvgIpc) is 2.71. The van der Waals surface area contributed by atoms with E-state index in [-0.39, 0.29) is 17.2 Å². The fourth-order valence-electron chi connectivity index (χ4n) is 2.65. The Kier molecular flexibility index (Phi) is 6.38. The Labute approximate surface area is 153 Å². The maximum Gasteiger partial charge on any atom is 0.411 e. The molecular weight excluding hydrogens is 338 g/mol. The van der Waals surface area contributed by atoms with Gasteiger partial charge in [0.1, 0.15) is 11.6 Å². The highest BCUT2D eigenvalue weighted by molar-refractivity contribution is 6.74. The number of hydrogen-bond acceptors (Lipinski definition) is 5. The summed E-state index contributed by atoms with van der Waals surface area (Å²) in [5.41, 5.74) is -0.629. The Morgan fingerprint density at radius 3 is 2.00 bits per heavy atom. The zero-order valence-electron chi connectivity index (χ0n) is 17.4. The van der Waals surface area contributed by atoms with Crippen molar-refractivity contribution in [3.8, 4) is 0 Å². The van der Waals surface area contributed by atoms with E-state index in [1.807, 2.05) is 27.7 Å². The number of esters is 1. The highest BCUT2D eigenvalue weighted by Crippen LogP contribution is 2.40. The third-order valence-electron chi connectivity index (χ3n) is 5.10. The molecule has 1 rings (SSSR count). The second-order valence-corrected chi connectivity index (χ2v) is 14.1. The van der Waals surface area contributed by atoms with Gasteiger partial charge in [0, 0.05) is 6.42 Å². The number of amides is 1. The molecule has 0 saturated carbocycles. The third kappa shape index (κ3) is 5.20. The maximum atomic E-state index is 12.7. The molecule has 1 aliphatic heterocycles. The quantitative estimate of drug-likeness (QED) is 0.554. The summed E-state index contributed by atoms with van der Waals surface area (Å²) >= 11 is 0. The van der Waals surface area contributed by atoms with Crippen molar-refractivity contribution in [3.05, 3.63) is 0 Å². The lowest BCUT2D eigenvalue weighted by Crippen LogP contribution is -2.49. The van der Waals surface area contributed by atoms with E-state index < -0.39 is 32.0 Å². The molecule has 7 heteroatoms. The molecule has 1 saturated heterocycles. The van der Waals surface area contributed by atoms with Crippen molar-refractivity contribution in [2.75, 3.05) is 7.11 Å². The summed E-state index contributed by atoms with van der Waals surface area (Å²) in [6, 6.07) is -0.933. The maximum absolute atomic E-state index is 12.7. The Balaban J connectivity index is 3.07. The second kappa shape index (κ2) is 7.27. The lowest BCUT2D eigenvalue weighted by atomic mass is 10.1. The highest BCUT2D eigenvalue weighted by Gasteiger charge is 2.50. The van der Waals surface area contributed by atoms with Crippen molar-refractivity contribution >= 4 is 20.4 Å². The predicted molar refractivity (Wildman–Crippen MR) is 100 cm³/mol. The molecule has 0 aromatic rings. The molecule has 0 N–H and O–H groups in total. The monoisotopic (exact) mass is 373 g/mol. The number of hydrogen-bond donors (Lipinski definition) is 0. The van der Waals surface area contributed by atoms with Gasteiger partial charge in [0.15, 0.2) is 8.32 Å². The first-order valence-electron chi connectivity index (χ1n) is 8.87. The standard InChI is InChI=1S/C18H35NO5Si/c1-12-14(24-25(9,10)18(5,6)7)11-13(15(20)22-8)19(12)16(21)23-17(2,3)4/h12-14H,11H2,1-10H3/t12-,13+,14-/m1/s1. The van der Waals surface area contributed by atoms with Gasteiger partial charge in [0.05, 0.1) is 19.3 Å².